The maximum Gasteiger partial charge on any atom is 0.490 e. The maximum absolute atomic E-state index is 13.3. The number of carbonyl (C=O) groups is 2. The van der Waals surface area contributed by atoms with Crippen LogP contribution in [0.2, 0.25) is 49.9 Å². The summed E-state index contributed by atoms with van der Waals surface area (Å²) in [6.45, 7) is 41.2. The zero-order valence-corrected chi connectivity index (χ0v) is 34.5. The van der Waals surface area contributed by atoms with Crippen LogP contribution in [0, 0.1) is 0 Å². The van der Waals surface area contributed by atoms with Crippen LogP contribution in [0.1, 0.15) is 125 Å². The fraction of sp³-hybridized carbons (Fsp3) is 0.875. The lowest BCUT2D eigenvalue weighted by atomic mass is 10.5. The summed E-state index contributed by atoms with van der Waals surface area (Å²) in [5.74, 6) is -0.592. The third-order valence-corrected chi connectivity index (χ3v) is 35.3. The maximum atomic E-state index is 13.3. The topological polar surface area (TPSA) is 65.1 Å². The van der Waals surface area contributed by atoms with Crippen LogP contribution < -0.4 is 0 Å². The molecule has 246 valence electrons. The van der Waals surface area contributed by atoms with Gasteiger partial charge in [-0.25, -0.2) is 0 Å². The first kappa shape index (κ1) is 39.7. The molecule has 10 heteroatoms. The van der Waals surface area contributed by atoms with Gasteiger partial charge >= 0.3 is 8.80 Å². The molecule has 0 radical (unpaired) electrons. The van der Waals surface area contributed by atoms with Crippen molar-refractivity contribution in [1.29, 1.82) is 0 Å². The zero-order valence-electron chi connectivity index (χ0n) is 30.5. The third kappa shape index (κ3) is 7.36. The first-order valence-corrected chi connectivity index (χ1v) is 25.0. The highest BCUT2D eigenvalue weighted by Gasteiger charge is 2.64. The van der Waals surface area contributed by atoms with Crippen molar-refractivity contribution in [1.82, 2.24) is 4.90 Å². The van der Waals surface area contributed by atoms with Crippen LogP contribution in [0.5, 0.6) is 0 Å². The standard InChI is InChI=1S/C32H67NO5Si4/c1-22(2)40(23(3)4,24(5)6)36-39(21-33-31(34)19-20-32(33)35,37-41(25(7)8,26(9)10)27(11)12)38-42(28(13)14,29(15)16)30(17)18/h19-20,22-30H,21H2,1-18H3. The lowest BCUT2D eigenvalue weighted by Crippen LogP contribution is -2.73. The predicted octanol–water partition coefficient (Wildman–Crippen LogP) is 9.97. The van der Waals surface area contributed by atoms with Crippen molar-refractivity contribution in [3.63, 3.8) is 0 Å². The van der Waals surface area contributed by atoms with Gasteiger partial charge in [-0.2, -0.15) is 0 Å². The third-order valence-electron chi connectivity index (χ3n) is 10.4. The van der Waals surface area contributed by atoms with Gasteiger partial charge in [0, 0.05) is 12.2 Å². The Kier molecular flexibility index (Phi) is 14.0. The fourth-order valence-electron chi connectivity index (χ4n) is 8.81. The molecule has 0 aromatic heterocycles. The van der Waals surface area contributed by atoms with Crippen molar-refractivity contribution in [3.8, 4) is 0 Å². The Balaban J connectivity index is 4.39. The normalized spacial score (nSPS) is 16.2. The summed E-state index contributed by atoms with van der Waals surface area (Å²) >= 11 is 0. The number of amides is 2. The number of carbonyl (C=O) groups excluding carboxylic acids is 2. The molecule has 0 unspecified atom stereocenters. The van der Waals surface area contributed by atoms with Crippen molar-refractivity contribution < 1.29 is 21.9 Å². The van der Waals surface area contributed by atoms with E-state index >= 15 is 0 Å². The Morgan fingerprint density at radius 3 is 0.810 bits per heavy atom. The first-order valence-electron chi connectivity index (χ1n) is 16.7. The number of hydrogen-bond acceptors (Lipinski definition) is 5. The highest BCUT2D eigenvalue weighted by Crippen LogP contribution is 2.52. The lowest BCUT2D eigenvalue weighted by Gasteiger charge is -2.56. The van der Waals surface area contributed by atoms with E-state index in [1.807, 2.05) is 0 Å². The van der Waals surface area contributed by atoms with Crippen LogP contribution in [0.25, 0.3) is 0 Å². The van der Waals surface area contributed by atoms with Crippen LogP contribution in [-0.4, -0.2) is 56.6 Å². The van der Waals surface area contributed by atoms with Gasteiger partial charge in [0.2, 0.25) is 0 Å². The minimum atomic E-state index is -3.79. The van der Waals surface area contributed by atoms with E-state index in [0.717, 1.165) is 0 Å². The molecule has 1 aliphatic heterocycles. The van der Waals surface area contributed by atoms with E-state index in [4.69, 9.17) is 12.3 Å². The molecule has 0 aliphatic carbocycles. The van der Waals surface area contributed by atoms with Crippen LogP contribution in [0.3, 0.4) is 0 Å². The van der Waals surface area contributed by atoms with Crippen molar-refractivity contribution in [3.05, 3.63) is 12.2 Å². The number of imide groups is 1. The molecule has 0 fully saturated rings. The van der Waals surface area contributed by atoms with Gasteiger partial charge in [0.15, 0.2) is 25.0 Å². The predicted molar refractivity (Wildman–Crippen MR) is 188 cm³/mol. The molecule has 0 bridgehead atoms. The van der Waals surface area contributed by atoms with Crippen molar-refractivity contribution >= 4 is 45.6 Å². The Bertz CT molecular complexity index is 776. The van der Waals surface area contributed by atoms with Crippen LogP contribution in [-0.2, 0) is 21.9 Å². The highest BCUT2D eigenvalue weighted by molar-refractivity contribution is 6.94. The molecular formula is C32H67NO5Si4. The molecular weight excluding hydrogens is 591 g/mol. The van der Waals surface area contributed by atoms with Crippen LogP contribution in [0.4, 0.5) is 0 Å². The number of hydrogen-bond donors (Lipinski definition) is 0. The second kappa shape index (κ2) is 14.8. The molecule has 0 saturated heterocycles. The molecule has 42 heavy (non-hydrogen) atoms. The molecule has 0 aromatic rings. The summed E-state index contributed by atoms with van der Waals surface area (Å²) < 4.78 is 23.7. The molecule has 6 nitrogen and oxygen atoms in total. The second-order valence-electron chi connectivity index (χ2n) is 15.5. The zero-order chi connectivity index (χ0) is 33.2. The Labute approximate surface area is 264 Å². The number of rotatable bonds is 17. The lowest BCUT2D eigenvalue weighted by molar-refractivity contribution is -0.136. The van der Waals surface area contributed by atoms with Gasteiger partial charge in [-0.15, -0.1) is 0 Å². The van der Waals surface area contributed by atoms with E-state index in [-0.39, 0.29) is 18.0 Å². The van der Waals surface area contributed by atoms with E-state index in [9.17, 15) is 9.59 Å². The van der Waals surface area contributed by atoms with E-state index in [0.29, 0.717) is 49.9 Å². The molecule has 0 aromatic carbocycles. The fourth-order valence-corrected chi connectivity index (χ4v) is 38.9. The summed E-state index contributed by atoms with van der Waals surface area (Å²) in [6, 6.07) is 0. The van der Waals surface area contributed by atoms with E-state index in [2.05, 4.69) is 125 Å². The van der Waals surface area contributed by atoms with Crippen molar-refractivity contribution in [2.75, 3.05) is 6.17 Å². The van der Waals surface area contributed by atoms with Crippen LogP contribution in [0.15, 0.2) is 12.2 Å². The van der Waals surface area contributed by atoms with E-state index in [1.165, 1.54) is 17.1 Å². The highest BCUT2D eigenvalue weighted by atomic mass is 28.5. The Hall–Kier alpha value is -0.372. The quantitative estimate of drug-likeness (QED) is 0.115. The Morgan fingerprint density at radius 1 is 0.452 bits per heavy atom. The van der Waals surface area contributed by atoms with Gasteiger partial charge in [-0.3, -0.25) is 14.5 Å². The molecule has 0 N–H and O–H groups in total. The van der Waals surface area contributed by atoms with Crippen LogP contribution >= 0.6 is 0 Å². The van der Waals surface area contributed by atoms with Crippen molar-refractivity contribution in [2.45, 2.75) is 174 Å². The molecule has 1 aliphatic rings. The minimum Gasteiger partial charge on any atom is -0.414 e. The van der Waals surface area contributed by atoms with Gasteiger partial charge in [0.25, 0.3) is 11.8 Å². The van der Waals surface area contributed by atoms with Gasteiger partial charge in [-0.1, -0.05) is 125 Å². The molecule has 1 heterocycles. The summed E-state index contributed by atoms with van der Waals surface area (Å²) in [5, 5.41) is 0. The smallest absolute Gasteiger partial charge is 0.414 e. The average Bonchev–Trinajstić information content (AvgIpc) is 3.14. The first-order chi connectivity index (χ1) is 19.0. The van der Waals surface area contributed by atoms with Gasteiger partial charge in [0.1, 0.15) is 0 Å². The summed E-state index contributed by atoms with van der Waals surface area (Å²) in [7, 11) is -11.6. The summed E-state index contributed by atoms with van der Waals surface area (Å²) in [6.07, 6.45) is 2.85. The average molecular weight is 658 g/mol. The molecule has 1 rings (SSSR count). The summed E-state index contributed by atoms with van der Waals surface area (Å²) in [4.78, 5) is 27.9. The van der Waals surface area contributed by atoms with E-state index < -0.39 is 33.8 Å². The largest absolute Gasteiger partial charge is 0.490 e. The summed E-state index contributed by atoms with van der Waals surface area (Å²) in [5.41, 5.74) is 2.63. The van der Waals surface area contributed by atoms with Gasteiger partial charge < -0.3 is 12.3 Å². The molecule has 0 saturated carbocycles. The Morgan fingerprint density at radius 2 is 0.643 bits per heavy atom. The number of nitrogens with zero attached hydrogens (tertiary/aromatic N) is 1. The molecule has 0 spiro atoms. The van der Waals surface area contributed by atoms with E-state index in [1.54, 1.807) is 0 Å². The second-order valence-corrected chi connectivity index (χ2v) is 35.2. The molecule has 2 amide bonds. The van der Waals surface area contributed by atoms with Gasteiger partial charge in [-0.05, 0) is 49.9 Å². The van der Waals surface area contributed by atoms with Gasteiger partial charge in [0.05, 0.1) is 6.17 Å². The molecule has 0 atom stereocenters. The van der Waals surface area contributed by atoms with Crippen molar-refractivity contribution in [2.24, 2.45) is 0 Å². The minimum absolute atomic E-state index is 0.0837. The monoisotopic (exact) mass is 657 g/mol. The SMILES string of the molecule is CC(C)[Si](O[Si](CN1C(=O)C=CC1=O)(O[Si](C(C)C)(C(C)C)C(C)C)O[Si](C(C)C)(C(C)C)C(C)C)(C(C)C)C(C)C.